The minimum Gasteiger partial charge on any atom is -0.305 e. The van der Waals surface area contributed by atoms with E-state index in [9.17, 15) is 0 Å². The van der Waals surface area contributed by atoms with Crippen LogP contribution in [-0.4, -0.2) is 39.9 Å². The van der Waals surface area contributed by atoms with Gasteiger partial charge in [0.25, 0.3) is 0 Å². The van der Waals surface area contributed by atoms with Gasteiger partial charge in [0.2, 0.25) is 0 Å². The van der Waals surface area contributed by atoms with Crippen molar-refractivity contribution >= 4 is 43.1 Å². The molecule has 148 heavy (non-hydrogen) atoms. The molecule has 732 valence electrons. The monoisotopic (exact) mass is 2620 g/mol. The first kappa shape index (κ1) is 110. The van der Waals surface area contributed by atoms with E-state index in [2.05, 4.69) is 335 Å². The average molecular weight is 2620 g/mol. The molecule has 0 saturated carbocycles. The molecule has 24 rings (SSSR count). The van der Waals surface area contributed by atoms with Crippen LogP contribution in [0.15, 0.2) is 492 Å². The van der Waals surface area contributed by atoms with Crippen LogP contribution in [0.1, 0.15) is 46.0 Å². The number of aryl methyl sites for hydroxylation is 7. The molecule has 0 aliphatic carbocycles. The van der Waals surface area contributed by atoms with Gasteiger partial charge in [0.15, 0.2) is 0 Å². The van der Waals surface area contributed by atoms with E-state index in [1.807, 2.05) is 288 Å². The van der Waals surface area contributed by atoms with Crippen molar-refractivity contribution in [3.05, 3.63) is 580 Å². The number of fused-ring (bicyclic) bond motifs is 4. The van der Waals surface area contributed by atoms with Crippen molar-refractivity contribution in [2.45, 2.75) is 54.9 Å². The second kappa shape index (κ2) is 56.2. The first-order chi connectivity index (χ1) is 70.8. The number of hydrogen-bond donors (Lipinski definition) is 0. The molecule has 4 radical (unpaired) electrons. The van der Waals surface area contributed by atoms with Gasteiger partial charge in [-0.1, -0.05) is 225 Å². The molecule has 16 aromatic carbocycles. The zero-order chi connectivity index (χ0) is 98.8. The van der Waals surface area contributed by atoms with E-state index in [4.69, 9.17) is 0 Å². The fourth-order valence-electron chi connectivity index (χ4n) is 16.6. The molecule has 0 atom stereocenters. The van der Waals surface area contributed by atoms with Crippen LogP contribution in [0, 0.1) is 90.1 Å². The summed E-state index contributed by atoms with van der Waals surface area (Å²) in [4.78, 5) is 35.8. The van der Waals surface area contributed by atoms with Crippen LogP contribution in [0.3, 0.4) is 0 Å². The van der Waals surface area contributed by atoms with Crippen LogP contribution in [0.2, 0.25) is 0 Å². The van der Waals surface area contributed by atoms with E-state index in [1.165, 1.54) is 121 Å². The molecule has 12 heteroatoms. The second-order valence-electron chi connectivity index (χ2n) is 34.5. The molecule has 0 spiro atoms. The molecule has 0 unspecified atom stereocenters. The SMILES string of the molecule is CCc1cc(-c2[c-]cccc2)ncc1-c1ccc2ccccc2c1.Cc1cc(-c2[c-]cccc2)ncc1-c1ccc2ccccc2c1.Cc1cc(-c2[c-]cccc2)ncc1-c1ccc2ccccc2c1.Cc1cc(-c2[c-]cccc2)ncc1-c1ccc2ccccc2c1.Cc1ccc(-c2[c-]cccc2)nc1.Cc1cccc(-c2[c-]cccc2)n1.Cc1ccnc(-c2[c-]cccc2)c1.[Ir].[Ir].[Ir].[Ir].[c-]1ccccc1-c1ccccn1. The van der Waals surface area contributed by atoms with Crippen molar-refractivity contribution in [1.82, 2.24) is 39.9 Å². The summed E-state index contributed by atoms with van der Waals surface area (Å²) in [6.45, 7) is 14.7. The third-order valence-electron chi connectivity index (χ3n) is 24.2. The van der Waals surface area contributed by atoms with Crippen LogP contribution in [0.25, 0.3) is 178 Å². The first-order valence-corrected chi connectivity index (χ1v) is 48.2. The summed E-state index contributed by atoms with van der Waals surface area (Å²) < 4.78 is 0. The number of rotatable bonds is 13. The van der Waals surface area contributed by atoms with Gasteiger partial charge in [-0.05, 0) is 229 Å². The Balaban J connectivity index is 0.000000143. The predicted molar refractivity (Wildman–Crippen MR) is 598 cm³/mol. The number of hydrogen-bond acceptors (Lipinski definition) is 8. The van der Waals surface area contributed by atoms with Crippen LogP contribution in [0.4, 0.5) is 0 Å². The Kier molecular flexibility index (Phi) is 41.6. The Morgan fingerprint density at radius 2 is 0.466 bits per heavy atom. The molecule has 0 fully saturated rings. The van der Waals surface area contributed by atoms with E-state index in [1.54, 1.807) is 6.20 Å². The van der Waals surface area contributed by atoms with Gasteiger partial charge in [0, 0.05) is 152 Å². The molecule has 0 saturated heterocycles. The number of pyridine rings is 8. The van der Waals surface area contributed by atoms with Crippen LogP contribution in [0.5, 0.6) is 0 Å². The molecule has 0 N–H and O–H groups in total. The fraction of sp³-hybridized carbons (Fsp3) is 0.0588. The largest absolute Gasteiger partial charge is 0.305 e. The van der Waals surface area contributed by atoms with Crippen molar-refractivity contribution in [3.8, 4) is 135 Å². The molecule has 0 aliphatic heterocycles. The molecular formula is C136H104Ir4N8-8. The maximum Gasteiger partial charge on any atom is 0.0266 e. The molecular weight excluding hydrogens is 2510 g/mol. The van der Waals surface area contributed by atoms with Gasteiger partial charge < -0.3 is 39.9 Å². The van der Waals surface area contributed by atoms with Gasteiger partial charge in [-0.15, -0.1) is 287 Å². The standard InChI is InChI=1S/C23H18N.3C22H16N.3C12H10N.C11H8N.4Ir/c1-2-17-15-23(19-9-4-3-5-10-19)24-16-22(17)21-13-12-18-8-6-7-11-20(18)14-21;3*1-16-13-22(18-8-3-2-4-9-18)23-15-21(16)20-12-11-17-7-5-6-10-19(17)14-20;1-10-6-5-9-12(13-10)11-7-3-2-4-8-11;1-10-7-8-13-12(9-10)11-5-3-2-4-6-11;1-10-7-8-12(13-9-10)11-5-3-2-4-6-11;1-2-6-10(7-3-1)11-8-4-5-9-12-11;;;;/h3-9,11-16H,2H2,1H3;3*2-8,10-15H,1H3;2-7,9H,1H3;2*2-5,7-9H,1H3;1-6,8-9H;;;;/q8*-1;;;;. The van der Waals surface area contributed by atoms with Crippen molar-refractivity contribution in [2.24, 2.45) is 0 Å². The van der Waals surface area contributed by atoms with E-state index < -0.39 is 0 Å². The van der Waals surface area contributed by atoms with Crippen LogP contribution < -0.4 is 0 Å². The topological polar surface area (TPSA) is 103 Å². The summed E-state index contributed by atoms with van der Waals surface area (Å²) in [5.74, 6) is 0. The third-order valence-corrected chi connectivity index (χ3v) is 24.2. The maximum absolute atomic E-state index is 4.68. The minimum atomic E-state index is 0. The maximum atomic E-state index is 4.68. The Bertz CT molecular complexity index is 7760. The minimum absolute atomic E-state index is 0. The van der Waals surface area contributed by atoms with Crippen molar-refractivity contribution < 1.29 is 80.4 Å². The van der Waals surface area contributed by atoms with Crippen molar-refractivity contribution in [2.75, 3.05) is 0 Å². The summed E-state index contributed by atoms with van der Waals surface area (Å²) in [6, 6.07) is 177. The molecule has 0 aliphatic rings. The molecule has 8 heterocycles. The first-order valence-electron chi connectivity index (χ1n) is 48.2. The zero-order valence-electron chi connectivity index (χ0n) is 82.9. The molecule has 0 bridgehead atoms. The van der Waals surface area contributed by atoms with Gasteiger partial charge in [-0.25, -0.2) is 0 Å². The Morgan fingerprint density at radius 1 is 0.189 bits per heavy atom. The summed E-state index contributed by atoms with van der Waals surface area (Å²) in [5, 5.41) is 10.1. The van der Waals surface area contributed by atoms with E-state index >= 15 is 0 Å². The van der Waals surface area contributed by atoms with Gasteiger partial charge >= 0.3 is 0 Å². The summed E-state index contributed by atoms with van der Waals surface area (Å²) in [7, 11) is 0. The summed E-state index contributed by atoms with van der Waals surface area (Å²) >= 11 is 0. The van der Waals surface area contributed by atoms with Gasteiger partial charge in [-0.3, -0.25) is 0 Å². The summed E-state index contributed by atoms with van der Waals surface area (Å²) in [6.07, 6.45) is 14.4. The van der Waals surface area contributed by atoms with E-state index in [-0.39, 0.29) is 80.4 Å². The zero-order valence-corrected chi connectivity index (χ0v) is 92.5. The van der Waals surface area contributed by atoms with Gasteiger partial charge in [-0.2, -0.15) is 0 Å². The number of benzene rings is 16. The van der Waals surface area contributed by atoms with Crippen LogP contribution in [-0.2, 0) is 86.8 Å². The Labute approximate surface area is 924 Å². The van der Waals surface area contributed by atoms with Crippen molar-refractivity contribution in [1.29, 1.82) is 0 Å². The Hall–Kier alpha value is -15.6. The molecule has 24 aromatic rings. The van der Waals surface area contributed by atoms with Gasteiger partial charge in [0.05, 0.1) is 0 Å². The average Bonchev–Trinajstić information content (AvgIpc) is 0.764. The van der Waals surface area contributed by atoms with Crippen LogP contribution >= 0.6 is 0 Å². The second-order valence-corrected chi connectivity index (χ2v) is 34.5. The Morgan fingerprint density at radius 3 is 0.764 bits per heavy atom. The normalized spacial score (nSPS) is 10.2. The smallest absolute Gasteiger partial charge is 0.0266 e. The third kappa shape index (κ3) is 30.3. The molecule has 8 aromatic heterocycles. The van der Waals surface area contributed by atoms with Crippen molar-refractivity contribution in [3.63, 3.8) is 0 Å². The fourth-order valence-corrected chi connectivity index (χ4v) is 16.6. The molecule has 8 nitrogen and oxygen atoms in total. The number of nitrogens with zero attached hydrogens (tertiary/aromatic N) is 8. The quantitative estimate of drug-likeness (QED) is 0.105. The summed E-state index contributed by atoms with van der Waals surface area (Å²) in [5.41, 5.74) is 34.1. The number of aromatic nitrogens is 8. The van der Waals surface area contributed by atoms with E-state index in [0.29, 0.717) is 0 Å². The van der Waals surface area contributed by atoms with E-state index in [0.717, 1.165) is 102 Å². The molecule has 0 amide bonds. The van der Waals surface area contributed by atoms with Gasteiger partial charge in [0.1, 0.15) is 0 Å². The predicted octanol–water partition coefficient (Wildman–Crippen LogP) is 34.1.